The summed E-state index contributed by atoms with van der Waals surface area (Å²) in [7, 11) is 0. The molecule has 4 nitrogen and oxygen atoms in total. The monoisotopic (exact) mass is 268 g/mol. The Balaban J connectivity index is 1.85. The van der Waals surface area contributed by atoms with E-state index < -0.39 is 0 Å². The van der Waals surface area contributed by atoms with Crippen LogP contribution in [0, 0.1) is 0 Å². The summed E-state index contributed by atoms with van der Waals surface area (Å²) in [5.41, 5.74) is 0. The molecular weight excluding hydrogens is 240 g/mol. The van der Waals surface area contributed by atoms with Crippen molar-refractivity contribution in [2.24, 2.45) is 0 Å². The van der Waals surface area contributed by atoms with Gasteiger partial charge in [-0.25, -0.2) is 0 Å². The van der Waals surface area contributed by atoms with Crippen LogP contribution in [0.25, 0.3) is 0 Å². The summed E-state index contributed by atoms with van der Waals surface area (Å²) in [6.45, 7) is 3.16. The smallest absolute Gasteiger partial charge is 0.236 e. The molecule has 1 saturated heterocycles. The number of hydrogen-bond acceptors (Lipinski definition) is 3. The van der Waals surface area contributed by atoms with Crippen LogP contribution >= 0.6 is 0 Å². The first-order chi connectivity index (χ1) is 9.31. The summed E-state index contributed by atoms with van der Waals surface area (Å²) in [5.74, 6) is 0.266. The minimum Gasteiger partial charge on any atom is -0.395 e. The van der Waals surface area contributed by atoms with E-state index in [4.69, 9.17) is 0 Å². The highest BCUT2D eigenvalue weighted by atomic mass is 16.3. The van der Waals surface area contributed by atoms with Gasteiger partial charge in [-0.05, 0) is 25.7 Å². The quantitative estimate of drug-likeness (QED) is 0.824. The van der Waals surface area contributed by atoms with E-state index in [9.17, 15) is 9.90 Å². The molecule has 4 heteroatoms. The van der Waals surface area contributed by atoms with Gasteiger partial charge in [0.05, 0.1) is 13.2 Å². The van der Waals surface area contributed by atoms with Gasteiger partial charge in [-0.3, -0.25) is 9.69 Å². The van der Waals surface area contributed by atoms with Crippen molar-refractivity contribution in [1.29, 1.82) is 0 Å². The zero-order chi connectivity index (χ0) is 13.5. The number of rotatable bonds is 5. The highest BCUT2D eigenvalue weighted by Gasteiger charge is 2.25. The Labute approximate surface area is 116 Å². The Morgan fingerprint density at radius 3 is 2.26 bits per heavy atom. The maximum absolute atomic E-state index is 12.4. The lowest BCUT2D eigenvalue weighted by Crippen LogP contribution is -2.45. The van der Waals surface area contributed by atoms with Gasteiger partial charge in [-0.1, -0.05) is 25.7 Å². The van der Waals surface area contributed by atoms with E-state index in [0.717, 1.165) is 25.9 Å². The van der Waals surface area contributed by atoms with E-state index in [1.165, 1.54) is 38.5 Å². The van der Waals surface area contributed by atoms with Crippen molar-refractivity contribution < 1.29 is 9.90 Å². The number of hydrogen-bond donors (Lipinski definition) is 1. The number of amides is 1. The van der Waals surface area contributed by atoms with Crippen LogP contribution < -0.4 is 0 Å². The molecule has 1 aliphatic heterocycles. The fourth-order valence-corrected chi connectivity index (χ4v) is 3.38. The van der Waals surface area contributed by atoms with Crippen LogP contribution in [0.15, 0.2) is 0 Å². The number of carbonyl (C=O) groups is 1. The zero-order valence-corrected chi connectivity index (χ0v) is 12.0. The fraction of sp³-hybridized carbons (Fsp3) is 0.933. The molecule has 2 rings (SSSR count). The van der Waals surface area contributed by atoms with Gasteiger partial charge in [0.1, 0.15) is 0 Å². The van der Waals surface area contributed by atoms with Crippen LogP contribution in [0.2, 0.25) is 0 Å². The zero-order valence-electron chi connectivity index (χ0n) is 12.0. The Morgan fingerprint density at radius 1 is 1.05 bits per heavy atom. The largest absolute Gasteiger partial charge is 0.395 e. The second kappa shape index (κ2) is 7.85. The first-order valence-corrected chi connectivity index (χ1v) is 7.94. The Hall–Kier alpha value is -0.610. The predicted molar refractivity (Wildman–Crippen MR) is 76.0 cm³/mol. The lowest BCUT2D eigenvalue weighted by Gasteiger charge is -2.30. The molecule has 1 heterocycles. The van der Waals surface area contributed by atoms with Crippen LogP contribution in [0.3, 0.4) is 0 Å². The molecule has 0 unspecified atom stereocenters. The van der Waals surface area contributed by atoms with Crippen molar-refractivity contribution >= 4 is 5.91 Å². The SMILES string of the molecule is O=C(CN(CCO)C1CCCC1)N1CCCCCC1. The molecule has 0 aromatic rings. The van der Waals surface area contributed by atoms with E-state index in [1.807, 2.05) is 4.90 Å². The van der Waals surface area contributed by atoms with Crippen molar-refractivity contribution in [3.63, 3.8) is 0 Å². The molecule has 0 radical (unpaired) electrons. The lowest BCUT2D eigenvalue weighted by molar-refractivity contribution is -0.133. The molecular formula is C15H28N2O2. The van der Waals surface area contributed by atoms with Gasteiger partial charge in [0, 0.05) is 25.7 Å². The first kappa shape index (κ1) is 14.8. The van der Waals surface area contributed by atoms with Gasteiger partial charge in [0.2, 0.25) is 5.91 Å². The average Bonchev–Trinajstić information content (AvgIpc) is 2.80. The molecule has 0 spiro atoms. The predicted octanol–water partition coefficient (Wildman–Crippen LogP) is 1.63. The van der Waals surface area contributed by atoms with Crippen LogP contribution in [-0.4, -0.2) is 59.6 Å². The van der Waals surface area contributed by atoms with Crippen LogP contribution in [0.4, 0.5) is 0 Å². The van der Waals surface area contributed by atoms with Gasteiger partial charge in [0.25, 0.3) is 0 Å². The normalized spacial score (nSPS) is 21.9. The van der Waals surface area contributed by atoms with E-state index in [1.54, 1.807) is 0 Å². The topological polar surface area (TPSA) is 43.8 Å². The molecule has 2 fully saturated rings. The average molecular weight is 268 g/mol. The minimum absolute atomic E-state index is 0.157. The molecule has 110 valence electrons. The van der Waals surface area contributed by atoms with E-state index in [0.29, 0.717) is 19.1 Å². The number of aliphatic hydroxyl groups is 1. The van der Waals surface area contributed by atoms with Crippen molar-refractivity contribution in [3.05, 3.63) is 0 Å². The molecule has 1 N–H and O–H groups in total. The minimum atomic E-state index is 0.157. The van der Waals surface area contributed by atoms with Gasteiger partial charge in [-0.15, -0.1) is 0 Å². The maximum atomic E-state index is 12.4. The number of nitrogens with zero attached hydrogens (tertiary/aromatic N) is 2. The van der Waals surface area contributed by atoms with E-state index >= 15 is 0 Å². The number of carbonyl (C=O) groups excluding carboxylic acids is 1. The third-order valence-corrected chi connectivity index (χ3v) is 4.53. The first-order valence-electron chi connectivity index (χ1n) is 7.94. The summed E-state index contributed by atoms with van der Waals surface area (Å²) in [6.07, 6.45) is 9.72. The Bertz CT molecular complexity index is 269. The molecule has 1 amide bonds. The van der Waals surface area contributed by atoms with Crippen molar-refractivity contribution in [2.75, 3.05) is 32.8 Å². The van der Waals surface area contributed by atoms with Gasteiger partial charge < -0.3 is 10.0 Å². The molecule has 19 heavy (non-hydrogen) atoms. The summed E-state index contributed by atoms with van der Waals surface area (Å²) in [4.78, 5) is 16.6. The molecule has 0 aromatic heterocycles. The molecule has 2 aliphatic rings. The highest BCUT2D eigenvalue weighted by molar-refractivity contribution is 5.78. The molecule has 0 aromatic carbocycles. The Morgan fingerprint density at radius 2 is 1.68 bits per heavy atom. The van der Waals surface area contributed by atoms with Crippen molar-refractivity contribution in [1.82, 2.24) is 9.80 Å². The molecule has 1 aliphatic carbocycles. The second-order valence-corrected chi connectivity index (χ2v) is 5.93. The Kier molecular flexibility index (Phi) is 6.11. The summed E-state index contributed by atoms with van der Waals surface area (Å²) < 4.78 is 0. The molecule has 0 atom stereocenters. The molecule has 0 bridgehead atoms. The van der Waals surface area contributed by atoms with Gasteiger partial charge in [0.15, 0.2) is 0 Å². The van der Waals surface area contributed by atoms with Crippen LogP contribution in [-0.2, 0) is 4.79 Å². The lowest BCUT2D eigenvalue weighted by atomic mass is 10.2. The third kappa shape index (κ3) is 4.46. The summed E-state index contributed by atoms with van der Waals surface area (Å²) in [6, 6.07) is 0.517. The third-order valence-electron chi connectivity index (χ3n) is 4.53. The fourth-order valence-electron chi connectivity index (χ4n) is 3.38. The van der Waals surface area contributed by atoms with Gasteiger partial charge in [-0.2, -0.15) is 0 Å². The second-order valence-electron chi connectivity index (χ2n) is 5.93. The van der Waals surface area contributed by atoms with Crippen LogP contribution in [0.1, 0.15) is 51.4 Å². The number of likely N-dealkylation sites (tertiary alicyclic amines) is 1. The van der Waals surface area contributed by atoms with E-state index in [2.05, 4.69) is 4.90 Å². The van der Waals surface area contributed by atoms with Gasteiger partial charge >= 0.3 is 0 Å². The molecule has 1 saturated carbocycles. The van der Waals surface area contributed by atoms with Crippen molar-refractivity contribution in [3.8, 4) is 0 Å². The highest BCUT2D eigenvalue weighted by Crippen LogP contribution is 2.23. The summed E-state index contributed by atoms with van der Waals surface area (Å²) in [5, 5.41) is 9.20. The maximum Gasteiger partial charge on any atom is 0.236 e. The number of aliphatic hydroxyl groups excluding tert-OH is 1. The van der Waals surface area contributed by atoms with E-state index in [-0.39, 0.29) is 12.5 Å². The summed E-state index contributed by atoms with van der Waals surface area (Å²) >= 11 is 0. The van der Waals surface area contributed by atoms with Crippen molar-refractivity contribution in [2.45, 2.75) is 57.4 Å². The standard InChI is InChI=1S/C15H28N2O2/c18-12-11-17(14-7-3-4-8-14)13-15(19)16-9-5-1-2-6-10-16/h14,18H,1-13H2. The van der Waals surface area contributed by atoms with Crippen LogP contribution in [0.5, 0.6) is 0 Å².